The van der Waals surface area contributed by atoms with Crippen molar-refractivity contribution in [1.29, 1.82) is 0 Å². The summed E-state index contributed by atoms with van der Waals surface area (Å²) in [6, 6.07) is -0.450. The fourth-order valence-corrected chi connectivity index (χ4v) is 2.18. The zero-order chi connectivity index (χ0) is 13.7. The van der Waals surface area contributed by atoms with Crippen LogP contribution in [0.15, 0.2) is 5.11 Å². The molecule has 0 aromatic carbocycles. The average Bonchev–Trinajstić information content (AvgIpc) is 2.30. The van der Waals surface area contributed by atoms with Gasteiger partial charge in [-0.25, -0.2) is 4.79 Å². The summed E-state index contributed by atoms with van der Waals surface area (Å²) >= 11 is 0. The molecule has 0 unspecified atom stereocenters. The first kappa shape index (κ1) is 14.1. The molecule has 18 heavy (non-hydrogen) atoms. The van der Waals surface area contributed by atoms with Gasteiger partial charge in [-0.1, -0.05) is 5.11 Å². The maximum atomic E-state index is 11.8. The first-order valence-electron chi connectivity index (χ1n) is 5.67. The Hall–Kier alpha value is -1.95. The summed E-state index contributed by atoms with van der Waals surface area (Å²) in [5.41, 5.74) is 13.4. The average molecular weight is 255 g/mol. The van der Waals surface area contributed by atoms with E-state index in [2.05, 4.69) is 10.0 Å². The van der Waals surface area contributed by atoms with Crippen molar-refractivity contribution in [2.24, 2.45) is 16.8 Å². The van der Waals surface area contributed by atoms with E-state index in [1.54, 1.807) is 14.1 Å². The quantitative estimate of drug-likeness (QED) is 0.460. The third-order valence-corrected chi connectivity index (χ3v) is 3.01. The highest BCUT2D eigenvalue weighted by Gasteiger charge is 2.36. The van der Waals surface area contributed by atoms with Crippen molar-refractivity contribution in [2.75, 3.05) is 14.1 Å². The van der Waals surface area contributed by atoms with Crippen LogP contribution in [0.2, 0.25) is 0 Å². The van der Waals surface area contributed by atoms with E-state index in [1.165, 1.54) is 4.90 Å². The third-order valence-electron chi connectivity index (χ3n) is 3.01. The van der Waals surface area contributed by atoms with E-state index in [1.807, 2.05) is 0 Å². The Kier molecular flexibility index (Phi) is 4.79. The summed E-state index contributed by atoms with van der Waals surface area (Å²) < 4.78 is 4.92. The van der Waals surface area contributed by atoms with Crippen LogP contribution in [0.25, 0.3) is 10.4 Å². The molecule has 0 radical (unpaired) electrons. The van der Waals surface area contributed by atoms with Crippen LogP contribution >= 0.6 is 0 Å². The molecule has 1 saturated carbocycles. The van der Waals surface area contributed by atoms with Crippen molar-refractivity contribution in [3.63, 3.8) is 0 Å². The van der Waals surface area contributed by atoms with Crippen molar-refractivity contribution in [3.8, 4) is 0 Å². The van der Waals surface area contributed by atoms with Gasteiger partial charge in [0.2, 0.25) is 5.91 Å². The van der Waals surface area contributed by atoms with Crippen molar-refractivity contribution in [1.82, 2.24) is 4.90 Å². The van der Waals surface area contributed by atoms with Gasteiger partial charge in [-0.05, 0) is 24.8 Å². The van der Waals surface area contributed by atoms with Crippen LogP contribution in [0.1, 0.15) is 19.3 Å². The van der Waals surface area contributed by atoms with E-state index < -0.39 is 18.2 Å². The number of amides is 2. The van der Waals surface area contributed by atoms with Gasteiger partial charge in [-0.2, -0.15) is 0 Å². The van der Waals surface area contributed by atoms with Crippen molar-refractivity contribution < 1.29 is 14.3 Å². The highest BCUT2D eigenvalue weighted by atomic mass is 16.6. The summed E-state index contributed by atoms with van der Waals surface area (Å²) in [5.74, 6) is -0.248. The van der Waals surface area contributed by atoms with Crippen LogP contribution in [0.4, 0.5) is 4.79 Å². The fourth-order valence-electron chi connectivity index (χ4n) is 2.18. The van der Waals surface area contributed by atoms with E-state index in [0.29, 0.717) is 19.3 Å². The lowest BCUT2D eigenvalue weighted by Gasteiger charge is -2.33. The molecule has 0 saturated heterocycles. The molecule has 2 amide bonds. The largest absolute Gasteiger partial charge is 0.446 e. The first-order valence-corrected chi connectivity index (χ1v) is 5.67. The van der Waals surface area contributed by atoms with Gasteiger partial charge in [0.1, 0.15) is 6.10 Å². The van der Waals surface area contributed by atoms with Gasteiger partial charge in [0, 0.05) is 24.9 Å². The number of hydrogen-bond donors (Lipinski definition) is 1. The van der Waals surface area contributed by atoms with E-state index in [4.69, 9.17) is 16.0 Å². The molecule has 0 aromatic rings. The monoisotopic (exact) mass is 255 g/mol. The van der Waals surface area contributed by atoms with Crippen LogP contribution in [-0.2, 0) is 9.53 Å². The highest BCUT2D eigenvalue weighted by Crippen LogP contribution is 2.30. The van der Waals surface area contributed by atoms with Crippen LogP contribution < -0.4 is 5.73 Å². The normalized spacial score (nSPS) is 26.9. The lowest BCUT2D eigenvalue weighted by atomic mass is 9.83. The smallest absolute Gasteiger partial charge is 0.404 e. The molecule has 3 atom stereocenters. The molecule has 8 heteroatoms. The lowest BCUT2D eigenvalue weighted by molar-refractivity contribution is -0.135. The summed E-state index contributed by atoms with van der Waals surface area (Å²) in [4.78, 5) is 26.9. The maximum Gasteiger partial charge on any atom is 0.404 e. The number of ether oxygens (including phenoxy) is 1. The molecule has 8 nitrogen and oxygen atoms in total. The van der Waals surface area contributed by atoms with E-state index in [9.17, 15) is 9.59 Å². The van der Waals surface area contributed by atoms with Crippen molar-refractivity contribution >= 4 is 12.0 Å². The Balaban J connectivity index is 2.75. The molecule has 1 aliphatic rings. The van der Waals surface area contributed by atoms with E-state index in [0.717, 1.165) is 0 Å². The van der Waals surface area contributed by atoms with Crippen molar-refractivity contribution in [3.05, 3.63) is 10.4 Å². The second-order valence-corrected chi connectivity index (χ2v) is 4.49. The zero-order valence-corrected chi connectivity index (χ0v) is 10.4. The number of azide groups is 1. The Labute approximate surface area is 105 Å². The molecule has 0 spiro atoms. The van der Waals surface area contributed by atoms with Gasteiger partial charge in [0.25, 0.3) is 0 Å². The number of nitrogens with zero attached hydrogens (tertiary/aromatic N) is 4. The Morgan fingerprint density at radius 3 is 2.61 bits per heavy atom. The number of carbonyl (C=O) groups is 2. The Bertz CT molecular complexity index is 378. The maximum absolute atomic E-state index is 11.8. The number of hydrogen-bond acceptors (Lipinski definition) is 4. The van der Waals surface area contributed by atoms with Gasteiger partial charge in [0.05, 0.1) is 6.04 Å². The lowest BCUT2D eigenvalue weighted by Crippen LogP contribution is -2.42. The summed E-state index contributed by atoms with van der Waals surface area (Å²) in [6.07, 6.45) is -0.0907. The number of rotatable bonds is 3. The van der Waals surface area contributed by atoms with Gasteiger partial charge < -0.3 is 15.4 Å². The van der Waals surface area contributed by atoms with E-state index in [-0.39, 0.29) is 11.8 Å². The van der Waals surface area contributed by atoms with Gasteiger partial charge in [-0.15, -0.1) is 0 Å². The fraction of sp³-hybridized carbons (Fsp3) is 0.800. The standard InChI is InChI=1S/C10H17N5O3/c1-15(2)9(16)6-3-4-7(13-14-12)8(5-6)18-10(11)17/h6-8H,3-5H2,1-2H3,(H2,11,17)/t6-,7-,8+/m0/s1. The highest BCUT2D eigenvalue weighted by molar-refractivity contribution is 5.78. The first-order chi connectivity index (χ1) is 8.45. The molecule has 0 aromatic heterocycles. The molecule has 2 N–H and O–H groups in total. The zero-order valence-electron chi connectivity index (χ0n) is 10.4. The number of nitrogens with two attached hydrogens (primary N) is 1. The topological polar surface area (TPSA) is 121 Å². The van der Waals surface area contributed by atoms with E-state index >= 15 is 0 Å². The molecule has 1 rings (SSSR count). The second-order valence-electron chi connectivity index (χ2n) is 4.49. The molecular formula is C10H17N5O3. The predicted molar refractivity (Wildman–Crippen MR) is 63.4 cm³/mol. The molecule has 1 fully saturated rings. The van der Waals surface area contributed by atoms with Gasteiger partial charge in [-0.3, -0.25) is 4.79 Å². The molecule has 0 aliphatic heterocycles. The minimum absolute atomic E-state index is 0.0209. The molecule has 1 aliphatic carbocycles. The van der Waals surface area contributed by atoms with Gasteiger partial charge in [0.15, 0.2) is 0 Å². The van der Waals surface area contributed by atoms with Crippen LogP contribution in [0.5, 0.6) is 0 Å². The molecule has 0 heterocycles. The minimum atomic E-state index is -0.920. The van der Waals surface area contributed by atoms with Gasteiger partial charge >= 0.3 is 6.09 Å². The summed E-state index contributed by atoms with van der Waals surface area (Å²) in [6.45, 7) is 0. The van der Waals surface area contributed by atoms with Crippen LogP contribution in [0.3, 0.4) is 0 Å². The SMILES string of the molecule is CN(C)C(=O)[C@H]1CC[C@H](N=[N+]=[N-])[C@H](OC(N)=O)C1. The Morgan fingerprint density at radius 2 is 2.11 bits per heavy atom. The Morgan fingerprint density at radius 1 is 1.44 bits per heavy atom. The minimum Gasteiger partial charge on any atom is -0.446 e. The third kappa shape index (κ3) is 3.53. The summed E-state index contributed by atoms with van der Waals surface area (Å²) in [5, 5.41) is 3.58. The number of carbonyl (C=O) groups excluding carboxylic acids is 2. The van der Waals surface area contributed by atoms with Crippen LogP contribution in [-0.4, -0.2) is 43.1 Å². The second kappa shape index (κ2) is 6.11. The molecular weight excluding hydrogens is 238 g/mol. The predicted octanol–water partition coefficient (Wildman–Crippen LogP) is 1.02. The number of primary amides is 1. The molecule has 0 bridgehead atoms. The van der Waals surface area contributed by atoms with Crippen molar-refractivity contribution in [2.45, 2.75) is 31.4 Å². The van der Waals surface area contributed by atoms with Crippen LogP contribution in [0, 0.1) is 5.92 Å². The molecule has 100 valence electrons. The summed E-state index contributed by atoms with van der Waals surface area (Å²) in [7, 11) is 3.34.